The first-order chi connectivity index (χ1) is 7.19. The molecule has 0 radical (unpaired) electrons. The highest BCUT2D eigenvalue weighted by molar-refractivity contribution is 7.80. The van der Waals surface area contributed by atoms with Gasteiger partial charge in [0.05, 0.1) is 16.5 Å². The minimum Gasteiger partial charge on any atom is -0.393 e. The van der Waals surface area contributed by atoms with Crippen molar-refractivity contribution in [3.05, 3.63) is 0 Å². The van der Waals surface area contributed by atoms with Gasteiger partial charge in [-0.3, -0.25) is 4.79 Å². The smallest absolute Gasteiger partial charge is 0.232 e. The van der Waals surface area contributed by atoms with Crippen LogP contribution >= 0.6 is 12.2 Å². The number of likely N-dealkylation sites (N-methyl/N-ethyl adjacent to an activating group) is 1. The number of nitrogens with zero attached hydrogens (tertiary/aromatic N) is 1. The standard InChI is InChI=1S/C11H22N2O2S/c1-5-6-8(9(12)16)10(14)13(4)7-11(2,3)15/h8,15H,5-7H2,1-4H3,(H2,12,16). The van der Waals surface area contributed by atoms with Gasteiger partial charge in [0.2, 0.25) is 5.91 Å². The molecule has 94 valence electrons. The van der Waals surface area contributed by atoms with Crippen LogP contribution in [0.4, 0.5) is 0 Å². The number of hydrogen-bond acceptors (Lipinski definition) is 3. The van der Waals surface area contributed by atoms with Gasteiger partial charge in [0.15, 0.2) is 0 Å². The van der Waals surface area contributed by atoms with E-state index >= 15 is 0 Å². The van der Waals surface area contributed by atoms with E-state index in [4.69, 9.17) is 18.0 Å². The molecule has 3 N–H and O–H groups in total. The zero-order chi connectivity index (χ0) is 12.9. The zero-order valence-electron chi connectivity index (χ0n) is 10.5. The highest BCUT2D eigenvalue weighted by Gasteiger charge is 2.26. The second-order valence-electron chi connectivity index (χ2n) is 4.75. The first-order valence-corrected chi connectivity index (χ1v) is 5.86. The van der Waals surface area contributed by atoms with Crippen LogP contribution in [-0.4, -0.2) is 40.1 Å². The van der Waals surface area contributed by atoms with Crippen molar-refractivity contribution in [3.63, 3.8) is 0 Å². The predicted octanol–water partition coefficient (Wildman–Crippen LogP) is 0.918. The molecule has 16 heavy (non-hydrogen) atoms. The summed E-state index contributed by atoms with van der Waals surface area (Å²) in [7, 11) is 1.65. The number of hydrogen-bond donors (Lipinski definition) is 2. The minimum atomic E-state index is -0.905. The average Bonchev–Trinajstić information content (AvgIpc) is 2.09. The molecule has 5 heteroatoms. The minimum absolute atomic E-state index is 0.114. The number of carbonyl (C=O) groups is 1. The first kappa shape index (κ1) is 15.3. The fourth-order valence-electron chi connectivity index (χ4n) is 1.60. The Labute approximate surface area is 103 Å². The summed E-state index contributed by atoms with van der Waals surface area (Å²) in [6.07, 6.45) is 1.51. The predicted molar refractivity (Wildman–Crippen MR) is 69.1 cm³/mol. The van der Waals surface area contributed by atoms with E-state index in [1.807, 2.05) is 6.92 Å². The summed E-state index contributed by atoms with van der Waals surface area (Å²) in [6, 6.07) is 0. The lowest BCUT2D eigenvalue weighted by Crippen LogP contribution is -2.45. The Morgan fingerprint density at radius 1 is 1.56 bits per heavy atom. The lowest BCUT2D eigenvalue weighted by molar-refractivity contribution is -0.134. The van der Waals surface area contributed by atoms with Crippen molar-refractivity contribution in [3.8, 4) is 0 Å². The average molecular weight is 246 g/mol. The van der Waals surface area contributed by atoms with Gasteiger partial charge in [-0.1, -0.05) is 25.6 Å². The molecule has 1 amide bonds. The van der Waals surface area contributed by atoms with Gasteiger partial charge in [0, 0.05) is 13.6 Å². The van der Waals surface area contributed by atoms with Crippen molar-refractivity contribution in [2.45, 2.75) is 39.2 Å². The molecule has 0 bridgehead atoms. The summed E-state index contributed by atoms with van der Waals surface area (Å²) in [5.41, 5.74) is 4.64. The van der Waals surface area contributed by atoms with Crippen molar-refractivity contribution in [2.24, 2.45) is 11.7 Å². The first-order valence-electron chi connectivity index (χ1n) is 5.45. The molecule has 0 aliphatic rings. The molecule has 0 aromatic carbocycles. The van der Waals surface area contributed by atoms with Gasteiger partial charge in [-0.05, 0) is 20.3 Å². The summed E-state index contributed by atoms with van der Waals surface area (Å²) in [6.45, 7) is 5.57. The van der Waals surface area contributed by atoms with E-state index in [1.54, 1.807) is 20.9 Å². The number of aliphatic hydroxyl groups is 1. The fraction of sp³-hybridized carbons (Fsp3) is 0.818. The van der Waals surface area contributed by atoms with Crippen LogP contribution < -0.4 is 5.73 Å². The van der Waals surface area contributed by atoms with Crippen molar-refractivity contribution in [2.75, 3.05) is 13.6 Å². The SMILES string of the molecule is CCCC(C(=O)N(C)CC(C)(C)O)C(N)=S. The topological polar surface area (TPSA) is 66.6 Å². The second kappa shape index (κ2) is 6.15. The molecule has 0 rings (SSSR count). The van der Waals surface area contributed by atoms with Crippen LogP contribution in [0.1, 0.15) is 33.6 Å². The molecule has 4 nitrogen and oxygen atoms in total. The third-order valence-electron chi connectivity index (χ3n) is 2.22. The molecule has 0 saturated heterocycles. The zero-order valence-corrected chi connectivity index (χ0v) is 11.3. The van der Waals surface area contributed by atoms with Gasteiger partial charge in [-0.25, -0.2) is 0 Å². The summed E-state index contributed by atoms with van der Waals surface area (Å²) in [5.74, 6) is -0.524. The van der Waals surface area contributed by atoms with Crippen LogP contribution in [0.25, 0.3) is 0 Å². The molecule has 1 unspecified atom stereocenters. The van der Waals surface area contributed by atoms with Crippen LogP contribution in [0.15, 0.2) is 0 Å². The molecule has 0 aliphatic heterocycles. The van der Waals surface area contributed by atoms with Gasteiger partial charge in [-0.15, -0.1) is 0 Å². The van der Waals surface area contributed by atoms with E-state index in [2.05, 4.69) is 0 Å². The lowest BCUT2D eigenvalue weighted by Gasteiger charge is -2.28. The van der Waals surface area contributed by atoms with Crippen LogP contribution in [0.3, 0.4) is 0 Å². The molecule has 0 saturated carbocycles. The van der Waals surface area contributed by atoms with Crippen LogP contribution in [-0.2, 0) is 4.79 Å². The maximum Gasteiger partial charge on any atom is 0.232 e. The molecule has 0 heterocycles. The highest BCUT2D eigenvalue weighted by Crippen LogP contribution is 2.12. The van der Waals surface area contributed by atoms with E-state index in [1.165, 1.54) is 4.90 Å². The highest BCUT2D eigenvalue weighted by atomic mass is 32.1. The normalized spacial score (nSPS) is 13.3. The van der Waals surface area contributed by atoms with Gasteiger partial charge in [-0.2, -0.15) is 0 Å². The molecule has 0 aromatic rings. The van der Waals surface area contributed by atoms with E-state index < -0.39 is 11.5 Å². The number of nitrogens with two attached hydrogens (primary N) is 1. The Morgan fingerprint density at radius 2 is 2.06 bits per heavy atom. The second-order valence-corrected chi connectivity index (χ2v) is 5.22. The van der Waals surface area contributed by atoms with E-state index in [-0.39, 0.29) is 17.4 Å². The number of amides is 1. The van der Waals surface area contributed by atoms with Crippen molar-refractivity contribution >= 4 is 23.1 Å². The molecular weight excluding hydrogens is 224 g/mol. The lowest BCUT2D eigenvalue weighted by atomic mass is 10.0. The van der Waals surface area contributed by atoms with Gasteiger partial charge in [0.25, 0.3) is 0 Å². The summed E-state index contributed by atoms with van der Waals surface area (Å²) in [5, 5.41) is 9.63. The Kier molecular flexibility index (Phi) is 5.89. The molecule has 0 aliphatic carbocycles. The summed E-state index contributed by atoms with van der Waals surface area (Å²) in [4.78, 5) is 13.7. The Morgan fingerprint density at radius 3 is 2.38 bits per heavy atom. The maximum absolute atomic E-state index is 12.0. The van der Waals surface area contributed by atoms with Crippen molar-refractivity contribution in [1.29, 1.82) is 0 Å². The number of thiocarbonyl (C=S) groups is 1. The number of rotatable bonds is 6. The van der Waals surface area contributed by atoms with Gasteiger partial charge in [0.1, 0.15) is 0 Å². The molecule has 0 fully saturated rings. The van der Waals surface area contributed by atoms with Crippen molar-refractivity contribution < 1.29 is 9.90 Å². The quantitative estimate of drug-likeness (QED) is 0.684. The summed E-state index contributed by atoms with van der Waals surface area (Å²) >= 11 is 4.89. The molecule has 1 atom stereocenters. The third kappa shape index (κ3) is 5.42. The Bertz CT molecular complexity index is 261. The van der Waals surface area contributed by atoms with Gasteiger partial charge >= 0.3 is 0 Å². The van der Waals surface area contributed by atoms with Crippen molar-refractivity contribution in [1.82, 2.24) is 4.90 Å². The monoisotopic (exact) mass is 246 g/mol. The van der Waals surface area contributed by atoms with E-state index in [0.29, 0.717) is 6.42 Å². The molecular formula is C11H22N2O2S. The third-order valence-corrected chi connectivity index (χ3v) is 2.50. The van der Waals surface area contributed by atoms with E-state index in [9.17, 15) is 9.90 Å². The molecule has 0 spiro atoms. The maximum atomic E-state index is 12.0. The largest absolute Gasteiger partial charge is 0.393 e. The molecule has 0 aromatic heterocycles. The van der Waals surface area contributed by atoms with Crippen LogP contribution in [0.5, 0.6) is 0 Å². The van der Waals surface area contributed by atoms with E-state index in [0.717, 1.165) is 6.42 Å². The van der Waals surface area contributed by atoms with Crippen LogP contribution in [0.2, 0.25) is 0 Å². The summed E-state index contributed by atoms with van der Waals surface area (Å²) < 4.78 is 0. The number of carbonyl (C=O) groups excluding carboxylic acids is 1. The fourth-order valence-corrected chi connectivity index (χ4v) is 1.82. The van der Waals surface area contributed by atoms with Gasteiger partial charge < -0.3 is 15.7 Å². The van der Waals surface area contributed by atoms with Crippen LogP contribution in [0, 0.1) is 5.92 Å². The Hall–Kier alpha value is -0.680. The Balaban J connectivity index is 4.55.